The maximum atomic E-state index is 11.4. The Bertz CT molecular complexity index is 466. The molecule has 0 aromatic heterocycles. The van der Waals surface area contributed by atoms with E-state index < -0.39 is 0 Å². The van der Waals surface area contributed by atoms with Crippen LogP contribution in [0.4, 0.5) is 0 Å². The van der Waals surface area contributed by atoms with Gasteiger partial charge in [-0.25, -0.2) is 0 Å². The van der Waals surface area contributed by atoms with Crippen LogP contribution in [0, 0.1) is 11.3 Å². The first-order valence-electron chi connectivity index (χ1n) is 5.05. The molecule has 0 atom stereocenters. The molecule has 0 unspecified atom stereocenters. The molecule has 0 amide bonds. The molecule has 0 radical (unpaired) electrons. The molecule has 1 aromatic carbocycles. The Labute approximate surface area is 117 Å². The average Bonchev–Trinajstić information content (AvgIpc) is 2.31. The second-order valence-corrected chi connectivity index (χ2v) is 4.74. The quantitative estimate of drug-likeness (QED) is 0.611. The zero-order valence-electron chi connectivity index (χ0n) is 9.30. The number of alkyl halides is 1. The van der Waals surface area contributed by atoms with Gasteiger partial charge in [-0.05, 0) is 30.2 Å². The predicted molar refractivity (Wildman–Crippen MR) is 71.8 cm³/mol. The molecule has 5 heteroatoms. The fraction of sp³-hybridized carbons (Fsp3) is 0.333. The van der Waals surface area contributed by atoms with Crippen molar-refractivity contribution in [2.75, 3.05) is 6.61 Å². The maximum absolute atomic E-state index is 11.4. The van der Waals surface area contributed by atoms with Gasteiger partial charge < -0.3 is 4.74 Å². The third-order valence-corrected chi connectivity index (χ3v) is 3.52. The van der Waals surface area contributed by atoms with E-state index >= 15 is 0 Å². The van der Waals surface area contributed by atoms with Crippen LogP contribution in [0.15, 0.2) is 16.6 Å². The summed E-state index contributed by atoms with van der Waals surface area (Å²) in [6.45, 7) is 2.13. The van der Waals surface area contributed by atoms with Gasteiger partial charge >= 0.3 is 5.97 Å². The van der Waals surface area contributed by atoms with Crippen molar-refractivity contribution in [1.29, 1.82) is 5.26 Å². The fourth-order valence-electron chi connectivity index (χ4n) is 1.38. The zero-order valence-corrected chi connectivity index (χ0v) is 12.5. The molecule has 3 nitrogen and oxygen atoms in total. The van der Waals surface area contributed by atoms with Gasteiger partial charge in [0.1, 0.15) is 0 Å². The van der Waals surface area contributed by atoms with Gasteiger partial charge in [0.15, 0.2) is 0 Å². The van der Waals surface area contributed by atoms with Crippen LogP contribution in [0.25, 0.3) is 0 Å². The molecule has 17 heavy (non-hydrogen) atoms. The molecule has 1 aromatic rings. The standard InChI is InChI=1S/C12H11Br2NO2/c1-2-17-12(16)5-8-3-10(7-15)9(6-13)4-11(8)14/h3-4H,2,5-6H2,1H3. The Morgan fingerprint density at radius 1 is 1.47 bits per heavy atom. The van der Waals surface area contributed by atoms with E-state index in [0.717, 1.165) is 15.6 Å². The topological polar surface area (TPSA) is 50.1 Å². The molecular formula is C12H11Br2NO2. The van der Waals surface area contributed by atoms with E-state index in [1.54, 1.807) is 13.0 Å². The Balaban J connectivity index is 3.01. The van der Waals surface area contributed by atoms with E-state index in [1.807, 2.05) is 6.07 Å². The Hall–Kier alpha value is -0.860. The lowest BCUT2D eigenvalue weighted by molar-refractivity contribution is -0.142. The number of hydrogen-bond acceptors (Lipinski definition) is 3. The van der Waals surface area contributed by atoms with Crippen molar-refractivity contribution >= 4 is 37.8 Å². The first-order chi connectivity index (χ1) is 8.12. The summed E-state index contributed by atoms with van der Waals surface area (Å²) in [6.07, 6.45) is 0.172. The van der Waals surface area contributed by atoms with Crippen LogP contribution in [0.1, 0.15) is 23.6 Å². The third kappa shape index (κ3) is 3.83. The second-order valence-electron chi connectivity index (χ2n) is 3.33. The Kier molecular flexibility index (Phi) is 5.66. The molecule has 0 aliphatic rings. The molecule has 0 aliphatic carbocycles. The van der Waals surface area contributed by atoms with E-state index in [1.165, 1.54) is 0 Å². The lowest BCUT2D eigenvalue weighted by Crippen LogP contribution is -2.08. The summed E-state index contributed by atoms with van der Waals surface area (Å²) in [6, 6.07) is 5.69. The van der Waals surface area contributed by atoms with Crippen molar-refractivity contribution in [1.82, 2.24) is 0 Å². The minimum absolute atomic E-state index is 0.172. The van der Waals surface area contributed by atoms with Crippen LogP contribution in [0.3, 0.4) is 0 Å². The number of nitrogens with zero attached hydrogens (tertiary/aromatic N) is 1. The highest BCUT2D eigenvalue weighted by atomic mass is 79.9. The lowest BCUT2D eigenvalue weighted by atomic mass is 10.0. The van der Waals surface area contributed by atoms with Crippen LogP contribution in [0.5, 0.6) is 0 Å². The largest absolute Gasteiger partial charge is 0.466 e. The summed E-state index contributed by atoms with van der Waals surface area (Å²) in [5.74, 6) is -0.288. The van der Waals surface area contributed by atoms with E-state index in [-0.39, 0.29) is 12.4 Å². The SMILES string of the molecule is CCOC(=O)Cc1cc(C#N)c(CBr)cc1Br. The number of halogens is 2. The number of esters is 1. The van der Waals surface area contributed by atoms with Crippen molar-refractivity contribution in [3.05, 3.63) is 33.3 Å². The minimum Gasteiger partial charge on any atom is -0.466 e. The third-order valence-electron chi connectivity index (χ3n) is 2.18. The minimum atomic E-state index is -0.288. The summed E-state index contributed by atoms with van der Waals surface area (Å²) in [5.41, 5.74) is 2.24. The van der Waals surface area contributed by atoms with Gasteiger partial charge in [-0.2, -0.15) is 5.26 Å². The Morgan fingerprint density at radius 3 is 2.71 bits per heavy atom. The van der Waals surface area contributed by atoms with Crippen LogP contribution in [0.2, 0.25) is 0 Å². The van der Waals surface area contributed by atoms with Crippen molar-refractivity contribution in [2.45, 2.75) is 18.7 Å². The summed E-state index contributed by atoms with van der Waals surface area (Å²) >= 11 is 6.71. The maximum Gasteiger partial charge on any atom is 0.310 e. The zero-order chi connectivity index (χ0) is 12.8. The summed E-state index contributed by atoms with van der Waals surface area (Å²) in [4.78, 5) is 11.4. The molecular weight excluding hydrogens is 350 g/mol. The summed E-state index contributed by atoms with van der Waals surface area (Å²) in [7, 11) is 0. The van der Waals surface area contributed by atoms with Crippen molar-refractivity contribution in [3.63, 3.8) is 0 Å². The van der Waals surface area contributed by atoms with Gasteiger partial charge in [0, 0.05) is 9.80 Å². The van der Waals surface area contributed by atoms with Gasteiger partial charge in [-0.1, -0.05) is 31.9 Å². The van der Waals surface area contributed by atoms with Gasteiger partial charge in [-0.15, -0.1) is 0 Å². The summed E-state index contributed by atoms with van der Waals surface area (Å²) in [5, 5.41) is 9.61. The molecule has 0 fully saturated rings. The van der Waals surface area contributed by atoms with Crippen LogP contribution in [-0.2, 0) is 21.3 Å². The van der Waals surface area contributed by atoms with Crippen molar-refractivity contribution in [3.8, 4) is 6.07 Å². The number of hydrogen-bond donors (Lipinski definition) is 0. The molecule has 0 spiro atoms. The molecule has 0 saturated heterocycles. The van der Waals surface area contributed by atoms with E-state index in [9.17, 15) is 4.79 Å². The number of carbonyl (C=O) groups is 1. The summed E-state index contributed by atoms with van der Waals surface area (Å²) < 4.78 is 5.70. The first kappa shape index (κ1) is 14.2. The molecule has 0 heterocycles. The molecule has 0 N–H and O–H groups in total. The fourth-order valence-corrected chi connectivity index (χ4v) is 2.37. The lowest BCUT2D eigenvalue weighted by Gasteiger charge is -2.08. The van der Waals surface area contributed by atoms with Gasteiger partial charge in [-0.3, -0.25) is 4.79 Å². The number of carbonyl (C=O) groups excluding carboxylic acids is 1. The number of rotatable bonds is 4. The number of nitriles is 1. The molecule has 0 bridgehead atoms. The number of benzene rings is 1. The highest BCUT2D eigenvalue weighted by molar-refractivity contribution is 9.10. The second kappa shape index (κ2) is 6.77. The predicted octanol–water partition coefficient (Wildman–Crippen LogP) is 3.32. The van der Waals surface area contributed by atoms with E-state index in [4.69, 9.17) is 10.00 Å². The molecule has 90 valence electrons. The molecule has 0 saturated carbocycles. The number of ether oxygens (including phenoxy) is 1. The first-order valence-corrected chi connectivity index (χ1v) is 6.96. The van der Waals surface area contributed by atoms with Gasteiger partial charge in [0.05, 0.1) is 24.7 Å². The average molecular weight is 361 g/mol. The molecule has 0 aliphatic heterocycles. The van der Waals surface area contributed by atoms with Crippen LogP contribution < -0.4 is 0 Å². The van der Waals surface area contributed by atoms with Crippen LogP contribution in [-0.4, -0.2) is 12.6 Å². The van der Waals surface area contributed by atoms with Gasteiger partial charge in [0.2, 0.25) is 0 Å². The van der Waals surface area contributed by atoms with Crippen molar-refractivity contribution in [2.24, 2.45) is 0 Å². The van der Waals surface area contributed by atoms with Gasteiger partial charge in [0.25, 0.3) is 0 Å². The smallest absolute Gasteiger partial charge is 0.310 e. The normalized spacial score (nSPS) is 9.76. The van der Waals surface area contributed by atoms with Crippen molar-refractivity contribution < 1.29 is 9.53 Å². The van der Waals surface area contributed by atoms with E-state index in [2.05, 4.69) is 37.9 Å². The highest BCUT2D eigenvalue weighted by Crippen LogP contribution is 2.24. The Morgan fingerprint density at radius 2 is 2.18 bits per heavy atom. The van der Waals surface area contributed by atoms with E-state index in [0.29, 0.717) is 17.5 Å². The monoisotopic (exact) mass is 359 g/mol. The highest BCUT2D eigenvalue weighted by Gasteiger charge is 2.11. The van der Waals surface area contributed by atoms with Crippen LogP contribution >= 0.6 is 31.9 Å². The molecule has 1 rings (SSSR count).